The first-order valence-electron chi connectivity index (χ1n) is 2.88. The van der Waals surface area contributed by atoms with Crippen LogP contribution in [0.5, 0.6) is 0 Å². The van der Waals surface area contributed by atoms with Crippen molar-refractivity contribution >= 4 is 81.4 Å². The van der Waals surface area contributed by atoms with Gasteiger partial charge in [-0.1, -0.05) is 0 Å². The molecule has 0 spiro atoms. The van der Waals surface area contributed by atoms with Crippen LogP contribution in [0.15, 0.2) is 0 Å². The fourth-order valence-electron chi connectivity index (χ4n) is 0.465. The molecule has 6 nitrogen and oxygen atoms in total. The molecular formula is C5H10Ca2O6+4. The molecule has 3 atom stereocenters. The largest absolute Gasteiger partial charge is 2.00 e. The Bertz CT molecular complexity index is 143. The summed E-state index contributed by atoms with van der Waals surface area (Å²) in [6.07, 6.45) is -5.57. The number of rotatable bonds is 4. The third kappa shape index (κ3) is 7.72. The van der Waals surface area contributed by atoms with E-state index >= 15 is 0 Å². The molecule has 0 radical (unpaired) electrons. The first-order chi connectivity index (χ1) is 5.00. The third-order valence-electron chi connectivity index (χ3n) is 1.16. The first-order valence-corrected chi connectivity index (χ1v) is 2.88. The molecule has 0 bridgehead atoms. The Morgan fingerprint density at radius 2 is 1.54 bits per heavy atom. The van der Waals surface area contributed by atoms with Crippen molar-refractivity contribution in [1.29, 1.82) is 0 Å². The number of aliphatic carboxylic acids is 1. The van der Waals surface area contributed by atoms with Gasteiger partial charge in [-0.2, -0.15) is 0 Å². The Labute approximate surface area is 135 Å². The zero-order valence-electron chi connectivity index (χ0n) is 7.00. The summed E-state index contributed by atoms with van der Waals surface area (Å²) in [6.45, 7) is -0.800. The smallest absolute Gasteiger partial charge is 0.479 e. The van der Waals surface area contributed by atoms with Gasteiger partial charge in [0.25, 0.3) is 0 Å². The van der Waals surface area contributed by atoms with Gasteiger partial charge in [0.05, 0.1) is 6.61 Å². The van der Waals surface area contributed by atoms with Crippen LogP contribution in [0, 0.1) is 0 Å². The van der Waals surface area contributed by atoms with E-state index in [0.717, 1.165) is 0 Å². The third-order valence-corrected chi connectivity index (χ3v) is 1.16. The van der Waals surface area contributed by atoms with Gasteiger partial charge in [0.1, 0.15) is 12.2 Å². The van der Waals surface area contributed by atoms with Crippen LogP contribution in [0.3, 0.4) is 0 Å². The van der Waals surface area contributed by atoms with Crippen LogP contribution < -0.4 is 0 Å². The molecule has 8 heteroatoms. The maximum atomic E-state index is 9.96. The summed E-state index contributed by atoms with van der Waals surface area (Å²) in [5.74, 6) is -1.65. The molecule has 13 heavy (non-hydrogen) atoms. The van der Waals surface area contributed by atoms with Gasteiger partial charge in [0.2, 0.25) is 0 Å². The van der Waals surface area contributed by atoms with Crippen molar-refractivity contribution in [2.45, 2.75) is 18.3 Å². The minimum atomic E-state index is -2.07. The molecule has 0 aromatic carbocycles. The second-order valence-electron chi connectivity index (χ2n) is 2.02. The fraction of sp³-hybridized carbons (Fsp3) is 0.800. The minimum Gasteiger partial charge on any atom is -0.479 e. The van der Waals surface area contributed by atoms with Crippen molar-refractivity contribution in [3.8, 4) is 0 Å². The van der Waals surface area contributed by atoms with E-state index in [1.807, 2.05) is 0 Å². The Morgan fingerprint density at radius 1 is 1.15 bits per heavy atom. The quantitative estimate of drug-likeness (QED) is 0.327. The number of aliphatic hydroxyl groups is 4. The van der Waals surface area contributed by atoms with Gasteiger partial charge in [-0.25, -0.2) is 4.79 Å². The Morgan fingerprint density at radius 3 is 1.77 bits per heavy atom. The van der Waals surface area contributed by atoms with Crippen molar-refractivity contribution in [2.75, 3.05) is 6.61 Å². The Hall–Kier alpha value is 1.83. The van der Waals surface area contributed by atoms with Gasteiger partial charge in [-0.15, -0.1) is 0 Å². The van der Waals surface area contributed by atoms with Gasteiger partial charge < -0.3 is 25.5 Å². The molecule has 0 amide bonds. The Kier molecular flexibility index (Phi) is 16.1. The predicted octanol–water partition coefficient (Wildman–Crippen LogP) is -3.62. The van der Waals surface area contributed by atoms with E-state index in [-0.39, 0.29) is 75.5 Å². The van der Waals surface area contributed by atoms with Crippen molar-refractivity contribution in [2.24, 2.45) is 0 Å². The second-order valence-corrected chi connectivity index (χ2v) is 2.02. The molecule has 0 aliphatic carbocycles. The van der Waals surface area contributed by atoms with Gasteiger partial charge in [-0.05, 0) is 0 Å². The number of carbonyl (C=O) groups is 1. The average molecular weight is 246 g/mol. The van der Waals surface area contributed by atoms with Crippen molar-refractivity contribution in [3.63, 3.8) is 0 Å². The topological polar surface area (TPSA) is 118 Å². The average Bonchev–Trinajstić information content (AvgIpc) is 2.00. The number of hydrogen-bond acceptors (Lipinski definition) is 5. The van der Waals surface area contributed by atoms with Crippen LogP contribution in [0.25, 0.3) is 0 Å². The molecule has 0 unspecified atom stereocenters. The van der Waals surface area contributed by atoms with Crippen LogP contribution >= 0.6 is 0 Å². The van der Waals surface area contributed by atoms with Crippen molar-refractivity contribution in [3.05, 3.63) is 0 Å². The van der Waals surface area contributed by atoms with E-state index in [9.17, 15) is 4.79 Å². The molecule has 0 fully saturated rings. The molecule has 0 saturated heterocycles. The molecule has 0 saturated carbocycles. The normalized spacial score (nSPS) is 16.0. The minimum absolute atomic E-state index is 0. The molecular weight excluding hydrogens is 236 g/mol. The van der Waals surface area contributed by atoms with E-state index in [1.54, 1.807) is 0 Å². The maximum Gasteiger partial charge on any atom is 2.00 e. The number of carboxylic acids is 1. The summed E-state index contributed by atoms with van der Waals surface area (Å²) in [5, 5.41) is 42.2. The van der Waals surface area contributed by atoms with Gasteiger partial charge in [0.15, 0.2) is 6.10 Å². The standard InChI is InChI=1S/C5H10O6.2Ca/c6-1-2(7)3(8)4(9)5(10)11;;/h2-4,6-9H,1H2,(H,10,11);;/q;2*+2/t2-,3-,4-;;/m1../s1. The molecule has 0 aromatic heterocycles. The summed E-state index contributed by atoms with van der Waals surface area (Å²) in [6, 6.07) is 0. The van der Waals surface area contributed by atoms with Gasteiger partial charge in [0, 0.05) is 0 Å². The number of carboxylic acid groups (broad SMARTS) is 1. The molecule has 0 heterocycles. The first kappa shape index (κ1) is 20.3. The summed E-state index contributed by atoms with van der Waals surface area (Å²) < 4.78 is 0. The predicted molar refractivity (Wildman–Crippen MR) is 44.3 cm³/mol. The van der Waals surface area contributed by atoms with E-state index in [4.69, 9.17) is 25.5 Å². The molecule has 66 valence electrons. The Balaban J connectivity index is -0.000000500. The summed E-state index contributed by atoms with van der Waals surface area (Å²) >= 11 is 0. The second kappa shape index (κ2) is 10.4. The van der Waals surface area contributed by atoms with E-state index < -0.39 is 30.9 Å². The monoisotopic (exact) mass is 246 g/mol. The van der Waals surface area contributed by atoms with E-state index in [0.29, 0.717) is 0 Å². The van der Waals surface area contributed by atoms with E-state index in [2.05, 4.69) is 0 Å². The molecule has 0 rings (SSSR count). The van der Waals surface area contributed by atoms with Crippen molar-refractivity contribution < 1.29 is 30.3 Å². The summed E-state index contributed by atoms with van der Waals surface area (Å²) in [4.78, 5) is 9.96. The fourth-order valence-corrected chi connectivity index (χ4v) is 0.465. The molecule has 5 N–H and O–H groups in total. The maximum absolute atomic E-state index is 9.96. The number of hydrogen-bond donors (Lipinski definition) is 5. The van der Waals surface area contributed by atoms with E-state index in [1.165, 1.54) is 0 Å². The van der Waals surface area contributed by atoms with Crippen LogP contribution in [-0.2, 0) is 4.79 Å². The summed E-state index contributed by atoms with van der Waals surface area (Å²) in [5.41, 5.74) is 0. The zero-order chi connectivity index (χ0) is 9.02. The molecule has 0 aliphatic rings. The SMILES string of the molecule is O=C(O)[C@H](O)[C@H](O)[C@H](O)CO.[Ca+2].[Ca+2]. The van der Waals surface area contributed by atoms with Gasteiger partial charge in [-0.3, -0.25) is 0 Å². The summed E-state index contributed by atoms with van der Waals surface area (Å²) in [7, 11) is 0. The molecule has 0 aliphatic heterocycles. The van der Waals surface area contributed by atoms with Crippen LogP contribution in [0.4, 0.5) is 0 Å². The number of aliphatic hydroxyl groups excluding tert-OH is 4. The van der Waals surface area contributed by atoms with Crippen LogP contribution in [0.1, 0.15) is 0 Å². The van der Waals surface area contributed by atoms with Crippen molar-refractivity contribution in [1.82, 2.24) is 0 Å². The van der Waals surface area contributed by atoms with Gasteiger partial charge >= 0.3 is 81.4 Å². The zero-order valence-corrected chi connectivity index (χ0v) is 11.4. The van der Waals surface area contributed by atoms with Crippen LogP contribution in [0.2, 0.25) is 0 Å². The van der Waals surface area contributed by atoms with Crippen LogP contribution in [-0.4, -0.2) is 132 Å². The molecule has 0 aromatic rings.